The molecule has 2 N–H and O–H groups in total. The summed E-state index contributed by atoms with van der Waals surface area (Å²) in [6.45, 7) is 2.12. The lowest BCUT2D eigenvalue weighted by atomic mass is 9.76. The molecule has 0 aliphatic carbocycles. The van der Waals surface area contributed by atoms with Crippen LogP contribution in [0.4, 0.5) is 0 Å². The highest BCUT2D eigenvalue weighted by Crippen LogP contribution is 2.06. The van der Waals surface area contributed by atoms with Gasteiger partial charge in [-0.1, -0.05) is 18.2 Å². The molecule has 1 fully saturated rings. The second kappa shape index (κ2) is 5.31. The Morgan fingerprint density at radius 2 is 1.88 bits per heavy atom. The van der Waals surface area contributed by atoms with Crippen LogP contribution < -0.4 is 5.46 Å². The lowest BCUT2D eigenvalue weighted by molar-refractivity contribution is 0.0303. The topological polar surface area (TPSA) is 70.0 Å². The molecular weight excluding hydrogens is 221 g/mol. The van der Waals surface area contributed by atoms with Gasteiger partial charge in [-0.2, -0.15) is 0 Å². The minimum Gasteiger partial charge on any atom is -0.423 e. The molecule has 0 spiro atoms. The standard InChI is InChI=1S/C11H14BNO4/c14-11(13-5-7-17-8-6-13)9-3-1-2-4-10(9)12(15)16/h1-4,15-16H,5-8H2. The van der Waals surface area contributed by atoms with Crippen LogP contribution in [0, 0.1) is 0 Å². The van der Waals surface area contributed by atoms with Crippen LogP contribution in [0.3, 0.4) is 0 Å². The summed E-state index contributed by atoms with van der Waals surface area (Å²) in [4.78, 5) is 13.8. The van der Waals surface area contributed by atoms with E-state index >= 15 is 0 Å². The SMILES string of the molecule is O=C(c1ccccc1B(O)O)N1CCOCC1. The zero-order valence-electron chi connectivity index (χ0n) is 9.37. The van der Waals surface area contributed by atoms with Gasteiger partial charge in [0, 0.05) is 18.7 Å². The molecule has 1 saturated heterocycles. The molecule has 1 aliphatic heterocycles. The Morgan fingerprint density at radius 3 is 2.53 bits per heavy atom. The number of benzene rings is 1. The van der Waals surface area contributed by atoms with E-state index in [0.717, 1.165) is 0 Å². The zero-order chi connectivity index (χ0) is 12.3. The number of carbonyl (C=O) groups excluding carboxylic acids is 1. The van der Waals surface area contributed by atoms with Crippen LogP contribution in [0.1, 0.15) is 10.4 Å². The Balaban J connectivity index is 2.23. The summed E-state index contributed by atoms with van der Waals surface area (Å²) >= 11 is 0. The quantitative estimate of drug-likeness (QED) is 0.634. The van der Waals surface area contributed by atoms with Crippen LogP contribution in [0.15, 0.2) is 24.3 Å². The Labute approximate surface area is 99.8 Å². The predicted octanol–water partition coefficient (Wildman–Crippen LogP) is -1.16. The molecule has 0 aromatic heterocycles. The van der Waals surface area contributed by atoms with Gasteiger partial charge in [0.15, 0.2) is 0 Å². The first-order valence-corrected chi connectivity index (χ1v) is 5.52. The summed E-state index contributed by atoms with van der Waals surface area (Å²) in [6, 6.07) is 6.52. The number of hydrogen-bond acceptors (Lipinski definition) is 4. The summed E-state index contributed by atoms with van der Waals surface area (Å²) < 4.78 is 5.17. The van der Waals surface area contributed by atoms with Crippen LogP contribution in [0.2, 0.25) is 0 Å². The van der Waals surface area contributed by atoms with E-state index in [9.17, 15) is 14.8 Å². The molecule has 1 aromatic carbocycles. The van der Waals surface area contributed by atoms with Gasteiger partial charge in [-0.15, -0.1) is 0 Å². The van der Waals surface area contributed by atoms with Gasteiger partial charge in [0.25, 0.3) is 5.91 Å². The first-order chi connectivity index (χ1) is 8.20. The molecule has 0 atom stereocenters. The lowest BCUT2D eigenvalue weighted by Crippen LogP contribution is -2.44. The van der Waals surface area contributed by atoms with Crippen LogP contribution in [0.25, 0.3) is 0 Å². The van der Waals surface area contributed by atoms with E-state index < -0.39 is 7.12 Å². The molecule has 2 rings (SSSR count). The lowest BCUT2D eigenvalue weighted by Gasteiger charge is -2.27. The summed E-state index contributed by atoms with van der Waals surface area (Å²) in [6.07, 6.45) is 0. The van der Waals surface area contributed by atoms with Gasteiger partial charge in [0.05, 0.1) is 13.2 Å². The molecule has 1 aromatic rings. The van der Waals surface area contributed by atoms with Crippen molar-refractivity contribution in [2.45, 2.75) is 0 Å². The molecule has 90 valence electrons. The number of nitrogens with zero attached hydrogens (tertiary/aromatic N) is 1. The van der Waals surface area contributed by atoms with Crippen molar-refractivity contribution in [2.75, 3.05) is 26.3 Å². The van der Waals surface area contributed by atoms with Crippen LogP contribution in [-0.2, 0) is 4.74 Å². The third kappa shape index (κ3) is 2.66. The predicted molar refractivity (Wildman–Crippen MR) is 63.0 cm³/mol. The van der Waals surface area contributed by atoms with Crippen molar-refractivity contribution in [3.63, 3.8) is 0 Å². The minimum atomic E-state index is -1.63. The highest BCUT2D eigenvalue weighted by atomic mass is 16.5. The van der Waals surface area contributed by atoms with Gasteiger partial charge in [-0.25, -0.2) is 0 Å². The number of ether oxygens (including phenoxy) is 1. The Hall–Kier alpha value is -1.37. The van der Waals surface area contributed by atoms with E-state index in [1.807, 2.05) is 0 Å². The summed E-state index contributed by atoms with van der Waals surface area (Å²) in [5.74, 6) is -0.183. The maximum atomic E-state index is 12.2. The number of rotatable bonds is 2. The average Bonchev–Trinajstić information content (AvgIpc) is 2.39. The van der Waals surface area contributed by atoms with Crippen molar-refractivity contribution in [3.05, 3.63) is 29.8 Å². The number of morpholine rings is 1. The molecule has 0 saturated carbocycles. The third-order valence-corrected chi connectivity index (χ3v) is 2.77. The Morgan fingerprint density at radius 1 is 1.24 bits per heavy atom. The van der Waals surface area contributed by atoms with E-state index in [1.165, 1.54) is 0 Å². The van der Waals surface area contributed by atoms with Crippen LogP contribution >= 0.6 is 0 Å². The molecule has 1 heterocycles. The smallest absolute Gasteiger partial charge is 0.423 e. The highest BCUT2D eigenvalue weighted by Gasteiger charge is 2.24. The summed E-state index contributed by atoms with van der Waals surface area (Å²) in [5.41, 5.74) is 0.577. The van der Waals surface area contributed by atoms with Crippen molar-refractivity contribution in [1.82, 2.24) is 4.90 Å². The second-order valence-electron chi connectivity index (χ2n) is 3.87. The number of carbonyl (C=O) groups is 1. The van der Waals surface area contributed by atoms with Crippen LogP contribution in [-0.4, -0.2) is 54.3 Å². The van der Waals surface area contributed by atoms with Crippen molar-refractivity contribution < 1.29 is 19.6 Å². The fourth-order valence-corrected chi connectivity index (χ4v) is 1.85. The van der Waals surface area contributed by atoms with Crippen molar-refractivity contribution in [2.24, 2.45) is 0 Å². The fraction of sp³-hybridized carbons (Fsp3) is 0.364. The van der Waals surface area contributed by atoms with E-state index in [4.69, 9.17) is 4.74 Å². The maximum Gasteiger partial charge on any atom is 0.489 e. The number of amides is 1. The molecule has 1 aliphatic rings. The van der Waals surface area contributed by atoms with E-state index in [1.54, 1.807) is 29.2 Å². The maximum absolute atomic E-state index is 12.2. The normalized spacial score (nSPS) is 15.8. The van der Waals surface area contributed by atoms with Crippen molar-refractivity contribution >= 4 is 18.5 Å². The second-order valence-corrected chi connectivity index (χ2v) is 3.87. The van der Waals surface area contributed by atoms with Gasteiger partial charge >= 0.3 is 7.12 Å². The highest BCUT2D eigenvalue weighted by molar-refractivity contribution is 6.60. The molecule has 1 amide bonds. The molecule has 6 heteroatoms. The largest absolute Gasteiger partial charge is 0.489 e. The Kier molecular flexibility index (Phi) is 3.78. The third-order valence-electron chi connectivity index (χ3n) is 2.77. The van der Waals surface area contributed by atoms with Gasteiger partial charge in [-0.05, 0) is 11.5 Å². The van der Waals surface area contributed by atoms with Crippen LogP contribution in [0.5, 0.6) is 0 Å². The van der Waals surface area contributed by atoms with Crippen molar-refractivity contribution in [3.8, 4) is 0 Å². The molecule has 0 bridgehead atoms. The summed E-state index contributed by atoms with van der Waals surface area (Å²) in [5, 5.41) is 18.4. The van der Waals surface area contributed by atoms with Gasteiger partial charge < -0.3 is 19.7 Å². The first-order valence-electron chi connectivity index (χ1n) is 5.52. The van der Waals surface area contributed by atoms with E-state index in [0.29, 0.717) is 31.9 Å². The Bertz CT molecular complexity index is 404. The minimum absolute atomic E-state index is 0.183. The summed E-state index contributed by atoms with van der Waals surface area (Å²) in [7, 11) is -1.63. The van der Waals surface area contributed by atoms with Gasteiger partial charge in [-0.3, -0.25) is 4.79 Å². The fourth-order valence-electron chi connectivity index (χ4n) is 1.85. The first kappa shape index (κ1) is 12.1. The van der Waals surface area contributed by atoms with Gasteiger partial charge in [0.1, 0.15) is 0 Å². The molecule has 0 unspecified atom stereocenters. The van der Waals surface area contributed by atoms with Gasteiger partial charge in [0.2, 0.25) is 0 Å². The average molecular weight is 235 g/mol. The van der Waals surface area contributed by atoms with E-state index in [2.05, 4.69) is 0 Å². The van der Waals surface area contributed by atoms with E-state index in [-0.39, 0.29) is 11.4 Å². The molecular formula is C11H14BNO4. The zero-order valence-corrected chi connectivity index (χ0v) is 9.37. The molecule has 5 nitrogen and oxygen atoms in total. The van der Waals surface area contributed by atoms with Crippen molar-refractivity contribution in [1.29, 1.82) is 0 Å². The monoisotopic (exact) mass is 235 g/mol. The number of hydrogen-bond donors (Lipinski definition) is 2. The molecule has 17 heavy (non-hydrogen) atoms. The molecule has 0 radical (unpaired) electrons.